The van der Waals surface area contributed by atoms with Crippen LogP contribution in [0.1, 0.15) is 43.5 Å². The highest BCUT2D eigenvalue weighted by Crippen LogP contribution is 2.23. The molecule has 10 nitrogen and oxygen atoms in total. The number of carbonyl (C=O) groups excluding carboxylic acids is 1. The number of hydrogen-bond acceptors (Lipinski definition) is 7. The normalized spacial score (nSPS) is 18.0. The quantitative estimate of drug-likeness (QED) is 0.482. The van der Waals surface area contributed by atoms with Gasteiger partial charge in [-0.3, -0.25) is 4.68 Å². The van der Waals surface area contributed by atoms with Crippen LogP contribution < -0.4 is 16.0 Å². The van der Waals surface area contributed by atoms with Gasteiger partial charge in [0.2, 0.25) is 5.96 Å². The first kappa shape index (κ1) is 24.7. The molecule has 2 aliphatic rings. The van der Waals surface area contributed by atoms with Gasteiger partial charge in [0, 0.05) is 32.6 Å². The number of aryl methyl sites for hydroxylation is 1. The Morgan fingerprint density at radius 1 is 1.29 bits per heavy atom. The molecule has 1 saturated heterocycles. The molecule has 0 radical (unpaired) electrons. The van der Waals surface area contributed by atoms with E-state index < -0.39 is 0 Å². The van der Waals surface area contributed by atoms with Crippen LogP contribution in [0.3, 0.4) is 0 Å². The zero-order chi connectivity index (χ0) is 25.0. The van der Waals surface area contributed by atoms with Crippen molar-refractivity contribution < 1.29 is 14.6 Å². The Kier molecular flexibility index (Phi) is 7.42. The highest BCUT2D eigenvalue weighted by molar-refractivity contribution is 5.94. The van der Waals surface area contributed by atoms with Gasteiger partial charge >= 0.3 is 6.03 Å². The van der Waals surface area contributed by atoms with Crippen LogP contribution >= 0.6 is 0 Å². The van der Waals surface area contributed by atoms with Gasteiger partial charge in [0.25, 0.3) is 0 Å². The summed E-state index contributed by atoms with van der Waals surface area (Å²) in [6.45, 7) is 7.69. The molecule has 4 rings (SSSR count). The van der Waals surface area contributed by atoms with Crippen LogP contribution in [-0.2, 0) is 24.8 Å². The van der Waals surface area contributed by atoms with E-state index in [0.717, 1.165) is 22.4 Å². The second-order valence-electron chi connectivity index (χ2n) is 9.89. The summed E-state index contributed by atoms with van der Waals surface area (Å²) in [6.07, 6.45) is 7.95. The van der Waals surface area contributed by atoms with E-state index in [1.165, 1.54) is 0 Å². The van der Waals surface area contributed by atoms with E-state index >= 15 is 0 Å². The largest absolute Gasteiger partial charge is 0.396 e. The smallest absolute Gasteiger partial charge is 0.317 e. The third-order valence-corrected chi connectivity index (χ3v) is 5.80. The number of urea groups is 1. The lowest BCUT2D eigenvalue weighted by atomic mass is 9.97. The number of nitrogens with one attached hydrogen (secondary N) is 3. The molecule has 1 aromatic heterocycles. The number of ether oxygens (including phenoxy) is 1. The summed E-state index contributed by atoms with van der Waals surface area (Å²) in [5, 5.41) is 23.4. The fourth-order valence-corrected chi connectivity index (χ4v) is 4.15. The van der Waals surface area contributed by atoms with Gasteiger partial charge in [0.15, 0.2) is 0 Å². The van der Waals surface area contributed by atoms with Crippen molar-refractivity contribution >= 4 is 17.7 Å². The van der Waals surface area contributed by atoms with Crippen LogP contribution in [0.15, 0.2) is 47.9 Å². The number of aliphatic imine (C=N–C) groups is 1. The van der Waals surface area contributed by atoms with Gasteiger partial charge in [-0.2, -0.15) is 5.10 Å². The number of aliphatic hydroxyl groups excluding tert-OH is 1. The number of carbonyl (C=O) groups is 1. The number of guanidine groups is 1. The number of anilines is 1. The van der Waals surface area contributed by atoms with Gasteiger partial charge < -0.3 is 30.7 Å². The lowest BCUT2D eigenvalue weighted by Gasteiger charge is -2.41. The fraction of sp³-hybridized carbons (Fsp3) is 0.480. The molecule has 2 aromatic rings. The van der Waals surface area contributed by atoms with Crippen molar-refractivity contribution in [3.05, 3.63) is 59.6 Å². The van der Waals surface area contributed by atoms with Gasteiger partial charge in [0.05, 0.1) is 42.7 Å². The molecule has 2 aliphatic heterocycles. The van der Waals surface area contributed by atoms with Crippen LogP contribution in [0.2, 0.25) is 0 Å². The maximum absolute atomic E-state index is 12.5. The summed E-state index contributed by atoms with van der Waals surface area (Å²) in [6, 6.07) is 5.95. The third kappa shape index (κ3) is 6.61. The number of hydrogen-bond donors (Lipinski definition) is 4. The van der Waals surface area contributed by atoms with Gasteiger partial charge in [-0.25, -0.2) is 9.79 Å². The van der Waals surface area contributed by atoms with Crippen molar-refractivity contribution in [2.24, 2.45) is 12.0 Å². The first-order valence-corrected chi connectivity index (χ1v) is 11.9. The molecule has 1 aromatic carbocycles. The summed E-state index contributed by atoms with van der Waals surface area (Å²) in [7, 11) is 1.86. The van der Waals surface area contributed by atoms with Gasteiger partial charge in [-0.1, -0.05) is 18.2 Å². The van der Waals surface area contributed by atoms with E-state index in [-0.39, 0.29) is 30.4 Å². The Labute approximate surface area is 206 Å². The van der Waals surface area contributed by atoms with Crippen molar-refractivity contribution in [3.63, 3.8) is 0 Å². The van der Waals surface area contributed by atoms with Gasteiger partial charge in [-0.05, 0) is 50.0 Å². The number of benzene rings is 1. The Bertz CT molecular complexity index is 1100. The highest BCUT2D eigenvalue weighted by Gasteiger charge is 2.34. The SMILES string of the molecule is Cn1cc(NC2=NC=CC(c3ccc(CNC(=O)N4CC(OC(C)(C)C)C4)c(CCO)c3)N2)cn1. The minimum absolute atomic E-state index is 0.0333. The molecule has 35 heavy (non-hydrogen) atoms. The number of aromatic nitrogens is 2. The topological polar surface area (TPSA) is 116 Å². The second kappa shape index (κ2) is 10.5. The minimum atomic E-state index is -0.210. The van der Waals surface area contributed by atoms with Crippen LogP contribution in [-0.4, -0.2) is 63.2 Å². The summed E-state index contributed by atoms with van der Waals surface area (Å²) in [5.41, 5.74) is 3.67. The van der Waals surface area contributed by atoms with Crippen molar-refractivity contribution in [1.29, 1.82) is 0 Å². The molecule has 188 valence electrons. The van der Waals surface area contributed by atoms with Crippen LogP contribution in [0.4, 0.5) is 10.5 Å². The van der Waals surface area contributed by atoms with Crippen molar-refractivity contribution in [1.82, 2.24) is 25.3 Å². The first-order chi connectivity index (χ1) is 16.7. The van der Waals surface area contributed by atoms with Crippen molar-refractivity contribution in [2.75, 3.05) is 25.0 Å². The predicted octanol–water partition coefficient (Wildman–Crippen LogP) is 2.29. The molecule has 2 amide bonds. The molecule has 1 atom stereocenters. The summed E-state index contributed by atoms with van der Waals surface area (Å²) in [4.78, 5) is 18.7. The first-order valence-electron chi connectivity index (χ1n) is 11.9. The lowest BCUT2D eigenvalue weighted by Crippen LogP contribution is -2.59. The molecule has 0 aliphatic carbocycles. The molecule has 1 unspecified atom stereocenters. The molecule has 0 spiro atoms. The number of aliphatic hydroxyl groups is 1. The maximum atomic E-state index is 12.5. The van der Waals surface area contributed by atoms with E-state index in [1.807, 2.05) is 52.2 Å². The van der Waals surface area contributed by atoms with E-state index in [4.69, 9.17) is 4.74 Å². The number of amides is 2. The van der Waals surface area contributed by atoms with Crippen LogP contribution in [0.25, 0.3) is 0 Å². The molecular formula is C25H35N7O3. The zero-order valence-corrected chi connectivity index (χ0v) is 20.8. The molecule has 0 bridgehead atoms. The van der Waals surface area contributed by atoms with E-state index in [0.29, 0.717) is 32.0 Å². The van der Waals surface area contributed by atoms with Gasteiger partial charge in [0.1, 0.15) is 0 Å². The van der Waals surface area contributed by atoms with E-state index in [2.05, 4.69) is 32.1 Å². The van der Waals surface area contributed by atoms with Gasteiger partial charge in [-0.15, -0.1) is 0 Å². The van der Waals surface area contributed by atoms with Crippen LogP contribution in [0, 0.1) is 0 Å². The van der Waals surface area contributed by atoms with E-state index in [1.54, 1.807) is 22.0 Å². The summed E-state index contributed by atoms with van der Waals surface area (Å²) >= 11 is 0. The van der Waals surface area contributed by atoms with Crippen LogP contribution in [0.5, 0.6) is 0 Å². The zero-order valence-electron chi connectivity index (χ0n) is 20.8. The monoisotopic (exact) mass is 481 g/mol. The molecule has 0 saturated carbocycles. The summed E-state index contributed by atoms with van der Waals surface area (Å²) in [5.74, 6) is 0.633. The predicted molar refractivity (Wildman–Crippen MR) is 135 cm³/mol. The standard InChI is InChI=1S/C25H35N7O3/c1-25(2,3)35-21-15-32(16-21)24(34)27-12-19-6-5-18(11-17(19)8-10-33)22-7-9-26-23(30-22)29-20-13-28-31(4)14-20/h5-7,9,11,13-14,21-22,33H,8,10,12,15-16H2,1-4H3,(H,27,34)(H2,26,29,30). The highest BCUT2D eigenvalue weighted by atomic mass is 16.5. The number of rotatable bonds is 7. The average Bonchev–Trinajstić information content (AvgIpc) is 3.19. The Morgan fingerprint density at radius 2 is 2.09 bits per heavy atom. The molecular weight excluding hydrogens is 446 g/mol. The Hall–Kier alpha value is -3.37. The third-order valence-electron chi connectivity index (χ3n) is 5.80. The average molecular weight is 482 g/mol. The minimum Gasteiger partial charge on any atom is -0.396 e. The molecule has 3 heterocycles. The molecule has 10 heteroatoms. The van der Waals surface area contributed by atoms with E-state index in [9.17, 15) is 9.90 Å². The number of likely N-dealkylation sites (tertiary alicyclic amines) is 1. The fourth-order valence-electron chi connectivity index (χ4n) is 4.15. The maximum Gasteiger partial charge on any atom is 0.317 e. The Balaban J connectivity index is 1.34. The second-order valence-corrected chi connectivity index (χ2v) is 9.89. The lowest BCUT2D eigenvalue weighted by molar-refractivity contribution is -0.111. The molecule has 1 fully saturated rings. The number of nitrogens with zero attached hydrogens (tertiary/aromatic N) is 4. The van der Waals surface area contributed by atoms with Crippen molar-refractivity contribution in [2.45, 2.75) is 51.5 Å². The molecule has 4 N–H and O–H groups in total. The Morgan fingerprint density at radius 3 is 2.77 bits per heavy atom. The summed E-state index contributed by atoms with van der Waals surface area (Å²) < 4.78 is 7.62. The van der Waals surface area contributed by atoms with Crippen molar-refractivity contribution in [3.8, 4) is 0 Å².